The summed E-state index contributed by atoms with van der Waals surface area (Å²) in [5, 5.41) is 5.85. The number of likely N-dealkylation sites (N-methyl/N-ethyl adjacent to an activating group) is 1. The second kappa shape index (κ2) is 5.98. The van der Waals surface area contributed by atoms with Crippen LogP contribution < -0.4 is 4.90 Å². The van der Waals surface area contributed by atoms with Crippen molar-refractivity contribution in [1.82, 2.24) is 9.45 Å². The number of nitrogens with zero attached hydrogens (tertiary/aromatic N) is 4. The lowest BCUT2D eigenvalue weighted by atomic mass is 9.84. The van der Waals surface area contributed by atoms with Crippen LogP contribution in [0.4, 0.5) is 5.69 Å². The van der Waals surface area contributed by atoms with Crippen LogP contribution in [0.5, 0.6) is 0 Å². The zero-order chi connectivity index (χ0) is 17.7. The van der Waals surface area contributed by atoms with E-state index in [1.54, 1.807) is 0 Å². The van der Waals surface area contributed by atoms with E-state index in [9.17, 15) is 0 Å². The smallest absolute Gasteiger partial charge is 0.148 e. The Kier molecular flexibility index (Phi) is 4.40. The molecule has 0 N–H and O–H groups in total. The zero-order valence-electron chi connectivity index (χ0n) is 15.4. The molecule has 0 aromatic heterocycles. The number of fused-ring (bicyclic) bond motifs is 1. The normalized spacial score (nSPS) is 28.1. The maximum atomic E-state index is 6.29. The standard InChI is InChI=1S/C18H27N4PS/c1-7-22(8-2)23(24)16(13-19-21(23)6)17-18(3,4)14-11-9-10-12-15(14)20(17)5/h9-13H,7-8H2,1-6H3/b17-16+/t23-/m0/s1. The number of anilines is 1. The van der Waals surface area contributed by atoms with Gasteiger partial charge in [-0.25, -0.2) is 0 Å². The largest absolute Gasteiger partial charge is 0.346 e. The zero-order valence-corrected chi connectivity index (χ0v) is 17.2. The fourth-order valence-electron chi connectivity index (χ4n) is 4.03. The molecule has 0 radical (unpaired) electrons. The molecule has 1 atom stereocenters. The number of hydrogen-bond acceptors (Lipinski definition) is 3. The molecule has 6 heteroatoms. The van der Waals surface area contributed by atoms with Gasteiger partial charge in [0.05, 0.1) is 11.5 Å². The fourth-order valence-corrected chi connectivity index (χ4v) is 8.10. The van der Waals surface area contributed by atoms with Crippen molar-refractivity contribution in [1.29, 1.82) is 0 Å². The highest BCUT2D eigenvalue weighted by molar-refractivity contribution is 8.14. The first kappa shape index (κ1) is 17.7. The molecule has 0 bridgehead atoms. The predicted octanol–water partition coefficient (Wildman–Crippen LogP) is 4.21. The van der Waals surface area contributed by atoms with Crippen LogP contribution in [-0.4, -0.2) is 42.8 Å². The van der Waals surface area contributed by atoms with Gasteiger partial charge in [0.1, 0.15) is 6.34 Å². The summed E-state index contributed by atoms with van der Waals surface area (Å²) >= 11 is 6.29. The van der Waals surface area contributed by atoms with E-state index in [0.717, 1.165) is 13.1 Å². The minimum absolute atomic E-state index is 0.0743. The van der Waals surface area contributed by atoms with Gasteiger partial charge >= 0.3 is 0 Å². The van der Waals surface area contributed by atoms with E-state index >= 15 is 0 Å². The molecule has 0 aliphatic carbocycles. The number of rotatable bonds is 3. The van der Waals surface area contributed by atoms with Gasteiger partial charge in [-0.1, -0.05) is 57.7 Å². The molecule has 0 unspecified atom stereocenters. The van der Waals surface area contributed by atoms with Crippen molar-refractivity contribution in [3.63, 3.8) is 0 Å². The average Bonchev–Trinajstić information content (AvgIpc) is 2.95. The molecule has 1 aromatic carbocycles. The highest BCUT2D eigenvalue weighted by atomic mass is 32.4. The Labute approximate surface area is 150 Å². The first-order chi connectivity index (χ1) is 11.3. The minimum atomic E-state index is -2.06. The van der Waals surface area contributed by atoms with Gasteiger partial charge in [0.25, 0.3) is 0 Å². The van der Waals surface area contributed by atoms with Gasteiger partial charge < -0.3 is 4.90 Å². The summed E-state index contributed by atoms with van der Waals surface area (Å²) in [6.07, 6.45) is -0.0481. The van der Waals surface area contributed by atoms with Gasteiger partial charge in [-0.3, -0.25) is 9.45 Å². The molecular formula is C18H27N4PS. The summed E-state index contributed by atoms with van der Waals surface area (Å²) in [7, 11) is 4.18. The lowest BCUT2D eigenvalue weighted by Gasteiger charge is -2.38. The minimum Gasteiger partial charge on any atom is -0.346 e. The van der Waals surface area contributed by atoms with Crippen molar-refractivity contribution in [3.8, 4) is 0 Å². The Hall–Kier alpha value is -1.16. The Morgan fingerprint density at radius 2 is 1.79 bits per heavy atom. The Balaban J connectivity index is 2.26. The van der Waals surface area contributed by atoms with Crippen LogP contribution in [0.1, 0.15) is 33.3 Å². The maximum Gasteiger partial charge on any atom is 0.148 e. The monoisotopic (exact) mass is 362 g/mol. The summed E-state index contributed by atoms with van der Waals surface area (Å²) in [6.45, 7) is 10.8. The van der Waals surface area contributed by atoms with Gasteiger partial charge in [-0.05, 0) is 11.6 Å². The molecule has 2 aliphatic heterocycles. The molecule has 0 saturated carbocycles. The SMILES string of the molecule is CCN(CC)[P@]1(=S)/C(=C2/N(C)c3ccccc3C2(C)C)C=NN1C. The Bertz CT molecular complexity index is 764. The lowest BCUT2D eigenvalue weighted by molar-refractivity contribution is 0.459. The van der Waals surface area contributed by atoms with Crippen molar-refractivity contribution >= 4 is 30.0 Å². The predicted molar refractivity (Wildman–Crippen MR) is 108 cm³/mol. The molecular weight excluding hydrogens is 335 g/mol. The maximum absolute atomic E-state index is 6.29. The molecule has 4 nitrogen and oxygen atoms in total. The summed E-state index contributed by atoms with van der Waals surface area (Å²) in [5.41, 5.74) is 3.86. The number of benzene rings is 1. The number of hydrazone groups is 1. The quantitative estimate of drug-likeness (QED) is 0.751. The van der Waals surface area contributed by atoms with Crippen LogP contribution in [0.3, 0.4) is 0 Å². The third-order valence-electron chi connectivity index (χ3n) is 5.28. The van der Waals surface area contributed by atoms with E-state index in [4.69, 9.17) is 11.8 Å². The lowest BCUT2D eigenvalue weighted by Crippen LogP contribution is -2.30. The van der Waals surface area contributed by atoms with Crippen molar-refractivity contribution in [2.45, 2.75) is 33.1 Å². The number of para-hydroxylation sites is 1. The molecule has 0 amide bonds. The van der Waals surface area contributed by atoms with Gasteiger partial charge in [-0.15, -0.1) is 0 Å². The van der Waals surface area contributed by atoms with E-state index in [1.165, 1.54) is 22.3 Å². The third kappa shape index (κ3) is 2.22. The first-order valence-corrected chi connectivity index (χ1v) is 11.2. The second-order valence-electron chi connectivity index (χ2n) is 6.85. The summed E-state index contributed by atoms with van der Waals surface area (Å²) in [6, 6.07) is 8.66. The van der Waals surface area contributed by atoms with Crippen LogP contribution in [-0.2, 0) is 17.2 Å². The summed E-state index contributed by atoms with van der Waals surface area (Å²) in [4.78, 5) is 2.32. The average molecular weight is 362 g/mol. The van der Waals surface area contributed by atoms with Gasteiger partial charge in [0.2, 0.25) is 0 Å². The van der Waals surface area contributed by atoms with E-state index in [1.807, 2.05) is 18.0 Å². The summed E-state index contributed by atoms with van der Waals surface area (Å²) < 4.78 is 4.44. The van der Waals surface area contributed by atoms with Crippen LogP contribution in [0.25, 0.3) is 0 Å². The van der Waals surface area contributed by atoms with E-state index in [2.05, 4.69) is 73.7 Å². The van der Waals surface area contributed by atoms with Gasteiger partial charge in [0.15, 0.2) is 0 Å². The third-order valence-corrected chi connectivity index (χ3v) is 10.4. The molecule has 0 spiro atoms. The molecule has 2 aliphatic rings. The molecule has 130 valence electrons. The molecule has 1 aromatic rings. The number of allylic oxidation sites excluding steroid dienone is 2. The topological polar surface area (TPSA) is 22.1 Å². The highest BCUT2D eigenvalue weighted by Gasteiger charge is 2.46. The van der Waals surface area contributed by atoms with Crippen LogP contribution in [0, 0.1) is 0 Å². The van der Waals surface area contributed by atoms with E-state index in [-0.39, 0.29) is 5.41 Å². The summed E-state index contributed by atoms with van der Waals surface area (Å²) in [5.74, 6) is 0. The highest BCUT2D eigenvalue weighted by Crippen LogP contribution is 2.65. The Morgan fingerprint density at radius 3 is 2.38 bits per heavy atom. The van der Waals surface area contributed by atoms with Crippen molar-refractivity contribution in [2.75, 3.05) is 32.1 Å². The molecule has 0 fully saturated rings. The van der Waals surface area contributed by atoms with E-state index in [0.29, 0.717) is 0 Å². The van der Waals surface area contributed by atoms with Crippen molar-refractivity contribution in [2.24, 2.45) is 5.10 Å². The fraction of sp³-hybridized carbons (Fsp3) is 0.500. The van der Waals surface area contributed by atoms with Crippen molar-refractivity contribution < 1.29 is 0 Å². The van der Waals surface area contributed by atoms with E-state index < -0.39 is 6.34 Å². The Morgan fingerprint density at radius 1 is 1.17 bits per heavy atom. The van der Waals surface area contributed by atoms with Crippen LogP contribution in [0.2, 0.25) is 0 Å². The molecule has 0 saturated heterocycles. The molecule has 2 heterocycles. The van der Waals surface area contributed by atoms with Crippen LogP contribution >= 0.6 is 6.34 Å². The molecule has 24 heavy (non-hydrogen) atoms. The van der Waals surface area contributed by atoms with Gasteiger partial charge in [0, 0.05) is 44.0 Å². The van der Waals surface area contributed by atoms with Gasteiger partial charge in [-0.2, -0.15) is 5.10 Å². The second-order valence-corrected chi connectivity index (χ2v) is 11.1. The molecule has 3 rings (SSSR count). The van der Waals surface area contributed by atoms with Crippen LogP contribution in [0.15, 0.2) is 40.4 Å². The number of hydrogen-bond donors (Lipinski definition) is 0. The van der Waals surface area contributed by atoms with Crippen molar-refractivity contribution in [3.05, 3.63) is 40.8 Å². The first-order valence-electron chi connectivity index (χ1n) is 8.52.